The van der Waals surface area contributed by atoms with Gasteiger partial charge >= 0.3 is 6.18 Å². The van der Waals surface area contributed by atoms with E-state index in [1.165, 1.54) is 18.2 Å². The zero-order valence-corrected chi connectivity index (χ0v) is 12.5. The highest BCUT2D eigenvalue weighted by Gasteiger charge is 2.40. The van der Waals surface area contributed by atoms with Gasteiger partial charge in [0.1, 0.15) is 5.92 Å². The largest absolute Gasteiger partial charge is 0.416 e. The number of fused-ring (bicyclic) bond motifs is 1. The van der Waals surface area contributed by atoms with Crippen LogP contribution in [-0.2, 0) is 6.18 Å². The molecule has 0 spiro atoms. The summed E-state index contributed by atoms with van der Waals surface area (Å²) in [5.41, 5.74) is -0.335. The lowest BCUT2D eigenvalue weighted by molar-refractivity contribution is -0.137. The monoisotopic (exact) mass is 368 g/mol. The van der Waals surface area contributed by atoms with E-state index in [2.05, 4.69) is 15.9 Å². The van der Waals surface area contributed by atoms with Crippen LogP contribution in [0.2, 0.25) is 0 Å². The fourth-order valence-corrected chi connectivity index (χ4v) is 3.10. The second kappa shape index (κ2) is 5.05. The number of carbonyl (C=O) groups is 2. The number of benzene rings is 2. The lowest BCUT2D eigenvalue weighted by atomic mass is 9.93. The van der Waals surface area contributed by atoms with Crippen molar-refractivity contribution < 1.29 is 22.8 Å². The van der Waals surface area contributed by atoms with Crippen LogP contribution in [0.4, 0.5) is 13.2 Å². The van der Waals surface area contributed by atoms with Crippen LogP contribution < -0.4 is 0 Å². The standard InChI is InChI=1S/C16H8BrF3O2/c17-10-6-8(5-9(7-10)16(18,19)20)13-14(21)11-3-1-2-4-12(11)15(13)22/h1-7,13H. The highest BCUT2D eigenvalue weighted by molar-refractivity contribution is 9.10. The summed E-state index contributed by atoms with van der Waals surface area (Å²) in [5, 5.41) is 0. The summed E-state index contributed by atoms with van der Waals surface area (Å²) < 4.78 is 38.9. The third-order valence-corrected chi connectivity index (χ3v) is 4.02. The lowest BCUT2D eigenvalue weighted by Crippen LogP contribution is -2.14. The van der Waals surface area contributed by atoms with E-state index >= 15 is 0 Å². The molecule has 0 radical (unpaired) electrons. The Labute approximate surface area is 132 Å². The average molecular weight is 369 g/mol. The first kappa shape index (κ1) is 15.0. The fraction of sp³-hybridized carbons (Fsp3) is 0.125. The quantitative estimate of drug-likeness (QED) is 0.687. The second-order valence-corrected chi connectivity index (χ2v) is 5.89. The van der Waals surface area contributed by atoms with Crippen molar-refractivity contribution in [1.82, 2.24) is 0 Å². The van der Waals surface area contributed by atoms with Gasteiger partial charge in [-0.1, -0.05) is 40.2 Å². The molecule has 0 saturated heterocycles. The molecule has 2 aromatic carbocycles. The molecule has 22 heavy (non-hydrogen) atoms. The molecule has 3 rings (SSSR count). The van der Waals surface area contributed by atoms with Gasteiger partial charge in [-0.2, -0.15) is 13.2 Å². The first-order valence-electron chi connectivity index (χ1n) is 6.34. The van der Waals surface area contributed by atoms with Gasteiger partial charge in [-0.05, 0) is 23.8 Å². The Morgan fingerprint density at radius 3 is 1.95 bits per heavy atom. The number of alkyl halides is 3. The van der Waals surface area contributed by atoms with Crippen LogP contribution in [0.15, 0.2) is 46.9 Å². The SMILES string of the molecule is O=C1c2ccccc2C(=O)C1c1cc(Br)cc(C(F)(F)F)c1. The van der Waals surface area contributed by atoms with E-state index in [1.807, 2.05) is 0 Å². The van der Waals surface area contributed by atoms with Gasteiger partial charge in [0.05, 0.1) is 5.56 Å². The number of hydrogen-bond donors (Lipinski definition) is 0. The Morgan fingerprint density at radius 1 is 0.909 bits per heavy atom. The molecular weight excluding hydrogens is 361 g/mol. The predicted molar refractivity (Wildman–Crippen MR) is 77.0 cm³/mol. The maximum Gasteiger partial charge on any atom is 0.416 e. The number of ketones is 2. The summed E-state index contributed by atoms with van der Waals surface area (Å²) in [4.78, 5) is 24.7. The highest BCUT2D eigenvalue weighted by atomic mass is 79.9. The fourth-order valence-electron chi connectivity index (χ4n) is 2.59. The summed E-state index contributed by atoms with van der Waals surface area (Å²) >= 11 is 3.00. The minimum absolute atomic E-state index is 0.0490. The van der Waals surface area contributed by atoms with E-state index in [1.54, 1.807) is 12.1 Å². The molecule has 6 heteroatoms. The molecule has 0 unspecified atom stereocenters. The maximum absolute atomic E-state index is 12.9. The zero-order valence-electron chi connectivity index (χ0n) is 10.9. The maximum atomic E-state index is 12.9. The Hall–Kier alpha value is -1.95. The molecule has 112 valence electrons. The van der Waals surface area contributed by atoms with Crippen LogP contribution in [0.1, 0.15) is 37.8 Å². The number of hydrogen-bond acceptors (Lipinski definition) is 2. The van der Waals surface area contributed by atoms with Gasteiger partial charge in [0.2, 0.25) is 0 Å². The molecule has 2 aromatic rings. The predicted octanol–water partition coefficient (Wildman–Crippen LogP) is 4.63. The summed E-state index contributed by atoms with van der Waals surface area (Å²) in [5.74, 6) is -2.14. The summed E-state index contributed by atoms with van der Waals surface area (Å²) in [6.07, 6.45) is -4.55. The Bertz CT molecular complexity index is 761. The third-order valence-electron chi connectivity index (χ3n) is 3.56. The van der Waals surface area contributed by atoms with E-state index in [0.717, 1.165) is 12.1 Å². The van der Waals surface area contributed by atoms with Crippen molar-refractivity contribution >= 4 is 27.5 Å². The van der Waals surface area contributed by atoms with Crippen molar-refractivity contribution in [2.24, 2.45) is 0 Å². The second-order valence-electron chi connectivity index (χ2n) is 4.98. The topological polar surface area (TPSA) is 34.1 Å². The van der Waals surface area contributed by atoms with Crippen LogP contribution >= 0.6 is 15.9 Å². The Balaban J connectivity index is 2.12. The van der Waals surface area contributed by atoms with E-state index in [0.29, 0.717) is 0 Å². The molecule has 0 N–H and O–H groups in total. The Kier molecular flexibility index (Phi) is 3.44. The van der Waals surface area contributed by atoms with E-state index in [9.17, 15) is 22.8 Å². The van der Waals surface area contributed by atoms with Crippen molar-refractivity contribution in [2.75, 3.05) is 0 Å². The van der Waals surface area contributed by atoms with Crippen molar-refractivity contribution in [3.8, 4) is 0 Å². The normalized spacial score (nSPS) is 15.3. The molecule has 0 amide bonds. The van der Waals surface area contributed by atoms with Crippen LogP contribution in [0, 0.1) is 0 Å². The van der Waals surface area contributed by atoms with Gasteiger partial charge < -0.3 is 0 Å². The van der Waals surface area contributed by atoms with Crippen molar-refractivity contribution in [2.45, 2.75) is 12.1 Å². The Morgan fingerprint density at radius 2 is 1.45 bits per heavy atom. The molecule has 0 fully saturated rings. The molecule has 0 atom stereocenters. The van der Waals surface area contributed by atoms with Crippen LogP contribution in [-0.4, -0.2) is 11.6 Å². The molecule has 0 heterocycles. The van der Waals surface area contributed by atoms with E-state index in [-0.39, 0.29) is 21.2 Å². The average Bonchev–Trinajstić information content (AvgIpc) is 2.70. The van der Waals surface area contributed by atoms with Gasteiger partial charge in [0, 0.05) is 15.6 Å². The van der Waals surface area contributed by atoms with Crippen LogP contribution in [0.3, 0.4) is 0 Å². The number of Topliss-reactive ketones (excluding diaryl/α,β-unsaturated/α-hetero) is 2. The van der Waals surface area contributed by atoms with Gasteiger partial charge in [-0.15, -0.1) is 0 Å². The van der Waals surface area contributed by atoms with E-state index < -0.39 is 29.2 Å². The van der Waals surface area contributed by atoms with Gasteiger partial charge in [0.25, 0.3) is 0 Å². The van der Waals surface area contributed by atoms with Gasteiger partial charge in [0.15, 0.2) is 11.6 Å². The lowest BCUT2D eigenvalue weighted by Gasteiger charge is -2.13. The third kappa shape index (κ3) is 2.37. The molecule has 1 aliphatic rings. The first-order chi connectivity index (χ1) is 10.3. The molecule has 1 aliphatic carbocycles. The summed E-state index contributed by atoms with van der Waals surface area (Å²) in [7, 11) is 0. The smallest absolute Gasteiger partial charge is 0.293 e. The zero-order chi connectivity index (χ0) is 16.1. The van der Waals surface area contributed by atoms with Crippen molar-refractivity contribution in [3.63, 3.8) is 0 Å². The molecule has 0 aromatic heterocycles. The molecule has 0 bridgehead atoms. The van der Waals surface area contributed by atoms with E-state index in [4.69, 9.17) is 0 Å². The minimum atomic E-state index is -4.55. The van der Waals surface area contributed by atoms with Crippen LogP contribution in [0.5, 0.6) is 0 Å². The molecule has 0 saturated carbocycles. The summed E-state index contributed by atoms with van der Waals surface area (Å²) in [6, 6.07) is 9.42. The number of carbonyl (C=O) groups excluding carboxylic acids is 2. The molecule has 0 aliphatic heterocycles. The number of rotatable bonds is 1. The van der Waals surface area contributed by atoms with Crippen molar-refractivity contribution in [3.05, 3.63) is 69.2 Å². The van der Waals surface area contributed by atoms with Gasteiger partial charge in [-0.3, -0.25) is 9.59 Å². The highest BCUT2D eigenvalue weighted by Crippen LogP contribution is 2.38. The summed E-state index contributed by atoms with van der Waals surface area (Å²) in [6.45, 7) is 0. The van der Waals surface area contributed by atoms with Crippen molar-refractivity contribution in [1.29, 1.82) is 0 Å². The van der Waals surface area contributed by atoms with Gasteiger partial charge in [-0.25, -0.2) is 0 Å². The number of halogens is 4. The molecule has 2 nitrogen and oxygen atoms in total. The van der Waals surface area contributed by atoms with Crippen LogP contribution in [0.25, 0.3) is 0 Å². The first-order valence-corrected chi connectivity index (χ1v) is 7.13. The minimum Gasteiger partial charge on any atom is -0.293 e. The molecular formula is C16H8BrF3O2.